The van der Waals surface area contributed by atoms with E-state index < -0.39 is 0 Å². The Morgan fingerprint density at radius 3 is 2.58 bits per heavy atom. The topological polar surface area (TPSA) is 46.5 Å². The number of aliphatic hydroxyl groups excluding tert-OH is 1. The van der Waals surface area contributed by atoms with Crippen molar-refractivity contribution in [3.05, 3.63) is 59.7 Å². The second-order valence-electron chi connectivity index (χ2n) is 4.57. The number of hydrogen-bond acceptors (Lipinski definition) is 3. The van der Waals surface area contributed by atoms with E-state index in [1.165, 1.54) is 0 Å². The molecule has 0 amide bonds. The molecule has 0 bridgehead atoms. The lowest BCUT2D eigenvalue weighted by Gasteiger charge is -2.08. The normalized spacial score (nSPS) is 17.1. The fourth-order valence-electron chi connectivity index (χ4n) is 2.41. The molecule has 1 aliphatic heterocycles. The molecular weight excluding hydrogens is 240 g/mol. The van der Waals surface area contributed by atoms with Gasteiger partial charge in [-0.25, -0.2) is 4.79 Å². The highest BCUT2D eigenvalue weighted by Crippen LogP contribution is 2.35. The zero-order chi connectivity index (χ0) is 13.2. The Hall–Kier alpha value is -2.13. The molecule has 1 aliphatic rings. The fourth-order valence-corrected chi connectivity index (χ4v) is 2.41. The third kappa shape index (κ3) is 2.13. The number of carbonyl (C=O) groups excluding carboxylic acids is 1. The average Bonchev–Trinajstić information content (AvgIpc) is 2.77. The van der Waals surface area contributed by atoms with Crippen molar-refractivity contribution in [2.45, 2.75) is 12.5 Å². The van der Waals surface area contributed by atoms with Gasteiger partial charge in [0.15, 0.2) is 0 Å². The van der Waals surface area contributed by atoms with Crippen molar-refractivity contribution in [2.24, 2.45) is 0 Å². The minimum Gasteiger partial charge on any atom is -0.454 e. The maximum absolute atomic E-state index is 11.8. The standard InChI is InChI=1S/C16H14O3/c17-9-8-15-13-7-6-12(10-14(13)16(18)19-15)11-4-2-1-3-5-11/h1-7,10,15,17H,8-9H2. The molecule has 1 N–H and O–H groups in total. The molecule has 1 atom stereocenters. The molecule has 0 saturated carbocycles. The molecule has 0 aromatic heterocycles. The highest BCUT2D eigenvalue weighted by molar-refractivity contribution is 5.95. The summed E-state index contributed by atoms with van der Waals surface area (Å²) in [6, 6.07) is 15.7. The highest BCUT2D eigenvalue weighted by Gasteiger charge is 2.30. The molecule has 2 aromatic carbocycles. The van der Waals surface area contributed by atoms with Crippen molar-refractivity contribution in [1.29, 1.82) is 0 Å². The number of carbonyl (C=O) groups is 1. The number of fused-ring (bicyclic) bond motifs is 1. The minimum atomic E-state index is -0.308. The summed E-state index contributed by atoms with van der Waals surface area (Å²) in [5.41, 5.74) is 3.56. The number of ether oxygens (including phenoxy) is 1. The lowest BCUT2D eigenvalue weighted by molar-refractivity contribution is 0.0332. The Balaban J connectivity index is 2.01. The van der Waals surface area contributed by atoms with Crippen LogP contribution in [0, 0.1) is 0 Å². The van der Waals surface area contributed by atoms with Crippen LogP contribution in [0.5, 0.6) is 0 Å². The smallest absolute Gasteiger partial charge is 0.339 e. The van der Waals surface area contributed by atoms with E-state index >= 15 is 0 Å². The maximum Gasteiger partial charge on any atom is 0.339 e. The number of benzene rings is 2. The molecule has 0 radical (unpaired) electrons. The molecule has 96 valence electrons. The van der Waals surface area contributed by atoms with E-state index in [1.54, 1.807) is 0 Å². The van der Waals surface area contributed by atoms with Gasteiger partial charge in [0, 0.05) is 18.6 Å². The van der Waals surface area contributed by atoms with Gasteiger partial charge in [0.2, 0.25) is 0 Å². The third-order valence-electron chi connectivity index (χ3n) is 3.37. The van der Waals surface area contributed by atoms with Gasteiger partial charge in [-0.05, 0) is 17.2 Å². The molecule has 1 unspecified atom stereocenters. The summed E-state index contributed by atoms with van der Waals surface area (Å²) in [5, 5.41) is 8.98. The molecule has 3 nitrogen and oxygen atoms in total. The Kier molecular flexibility index (Phi) is 3.05. The van der Waals surface area contributed by atoms with Crippen LogP contribution in [0.4, 0.5) is 0 Å². The van der Waals surface area contributed by atoms with Crippen molar-refractivity contribution in [3.8, 4) is 11.1 Å². The van der Waals surface area contributed by atoms with Crippen LogP contribution in [0.1, 0.15) is 28.4 Å². The van der Waals surface area contributed by atoms with Gasteiger partial charge in [0.25, 0.3) is 0 Å². The van der Waals surface area contributed by atoms with Crippen LogP contribution >= 0.6 is 0 Å². The van der Waals surface area contributed by atoms with Gasteiger partial charge in [0.1, 0.15) is 6.10 Å². The van der Waals surface area contributed by atoms with Crippen molar-refractivity contribution < 1.29 is 14.6 Å². The summed E-state index contributed by atoms with van der Waals surface area (Å²) in [7, 11) is 0. The van der Waals surface area contributed by atoms with Gasteiger partial charge in [-0.2, -0.15) is 0 Å². The summed E-state index contributed by atoms with van der Waals surface area (Å²) in [6.45, 7) is 0.0117. The Morgan fingerprint density at radius 1 is 1.05 bits per heavy atom. The molecular formula is C16H14O3. The molecule has 1 heterocycles. The molecule has 3 rings (SSSR count). The molecule has 0 saturated heterocycles. The van der Waals surface area contributed by atoms with Gasteiger partial charge < -0.3 is 9.84 Å². The molecule has 2 aromatic rings. The van der Waals surface area contributed by atoms with Crippen LogP contribution in [0.15, 0.2) is 48.5 Å². The van der Waals surface area contributed by atoms with Crippen LogP contribution in [0.2, 0.25) is 0 Å². The van der Waals surface area contributed by atoms with Crippen molar-refractivity contribution >= 4 is 5.97 Å². The predicted molar refractivity (Wildman–Crippen MR) is 71.7 cm³/mol. The first-order chi connectivity index (χ1) is 9.29. The lowest BCUT2D eigenvalue weighted by atomic mass is 9.97. The van der Waals surface area contributed by atoms with Gasteiger partial charge in [-0.1, -0.05) is 42.5 Å². The maximum atomic E-state index is 11.8. The van der Waals surface area contributed by atoms with Gasteiger partial charge in [0.05, 0.1) is 5.56 Å². The molecule has 3 heteroatoms. The second kappa shape index (κ2) is 4.86. The highest BCUT2D eigenvalue weighted by atomic mass is 16.5. The Morgan fingerprint density at radius 2 is 1.84 bits per heavy atom. The Bertz CT molecular complexity index is 605. The van der Waals surface area contributed by atoms with Gasteiger partial charge in [-0.15, -0.1) is 0 Å². The summed E-state index contributed by atoms with van der Waals surface area (Å²) < 4.78 is 5.26. The molecule has 0 aliphatic carbocycles. The average molecular weight is 254 g/mol. The quantitative estimate of drug-likeness (QED) is 0.856. The van der Waals surface area contributed by atoms with Crippen LogP contribution in [0.3, 0.4) is 0 Å². The van der Waals surface area contributed by atoms with Crippen LogP contribution < -0.4 is 0 Å². The van der Waals surface area contributed by atoms with E-state index in [0.29, 0.717) is 12.0 Å². The van der Waals surface area contributed by atoms with Crippen LogP contribution in [-0.4, -0.2) is 17.7 Å². The predicted octanol–water partition coefficient (Wildman–Crippen LogP) is 2.95. The van der Waals surface area contributed by atoms with E-state index in [1.807, 2.05) is 48.5 Å². The molecule has 19 heavy (non-hydrogen) atoms. The minimum absolute atomic E-state index is 0.0117. The first kappa shape index (κ1) is 11.9. The lowest BCUT2D eigenvalue weighted by Crippen LogP contribution is -2.00. The zero-order valence-electron chi connectivity index (χ0n) is 10.4. The first-order valence-corrected chi connectivity index (χ1v) is 6.31. The van der Waals surface area contributed by atoms with E-state index in [0.717, 1.165) is 16.7 Å². The monoisotopic (exact) mass is 254 g/mol. The molecule has 0 fully saturated rings. The van der Waals surface area contributed by atoms with Crippen molar-refractivity contribution in [1.82, 2.24) is 0 Å². The van der Waals surface area contributed by atoms with Gasteiger partial charge in [-0.3, -0.25) is 0 Å². The van der Waals surface area contributed by atoms with Crippen molar-refractivity contribution in [2.75, 3.05) is 6.61 Å². The van der Waals surface area contributed by atoms with E-state index in [4.69, 9.17) is 9.84 Å². The third-order valence-corrected chi connectivity index (χ3v) is 3.37. The zero-order valence-corrected chi connectivity index (χ0v) is 10.4. The van der Waals surface area contributed by atoms with Crippen LogP contribution in [-0.2, 0) is 4.74 Å². The molecule has 0 spiro atoms. The summed E-state index contributed by atoms with van der Waals surface area (Å²) in [4.78, 5) is 11.8. The summed E-state index contributed by atoms with van der Waals surface area (Å²) >= 11 is 0. The largest absolute Gasteiger partial charge is 0.454 e. The summed E-state index contributed by atoms with van der Waals surface area (Å²) in [6.07, 6.45) is 0.140. The fraction of sp³-hybridized carbons (Fsp3) is 0.188. The number of aliphatic hydroxyl groups is 1. The second-order valence-corrected chi connectivity index (χ2v) is 4.57. The number of esters is 1. The summed E-state index contributed by atoms with van der Waals surface area (Å²) in [5.74, 6) is -0.300. The van der Waals surface area contributed by atoms with E-state index in [9.17, 15) is 4.79 Å². The van der Waals surface area contributed by atoms with Crippen molar-refractivity contribution in [3.63, 3.8) is 0 Å². The van der Waals surface area contributed by atoms with Crippen LogP contribution in [0.25, 0.3) is 11.1 Å². The number of hydrogen-bond donors (Lipinski definition) is 1. The van der Waals surface area contributed by atoms with E-state index in [2.05, 4.69) is 0 Å². The first-order valence-electron chi connectivity index (χ1n) is 6.31. The Labute approximate surface area is 111 Å². The van der Waals surface area contributed by atoms with Gasteiger partial charge >= 0.3 is 5.97 Å². The SMILES string of the molecule is O=C1OC(CCO)c2ccc(-c3ccccc3)cc21. The van der Waals surface area contributed by atoms with E-state index in [-0.39, 0.29) is 18.7 Å². The number of cyclic esters (lactones) is 1. The number of rotatable bonds is 3.